The molecule has 0 aliphatic heterocycles. The van der Waals surface area contributed by atoms with Gasteiger partial charge in [-0.2, -0.15) is 0 Å². The lowest BCUT2D eigenvalue weighted by atomic mass is 10.1. The third kappa shape index (κ3) is 3.14. The number of hydrogen-bond acceptors (Lipinski definition) is 1. The summed E-state index contributed by atoms with van der Waals surface area (Å²) in [6.07, 6.45) is 0. The molecular weight excluding hydrogens is 242 g/mol. The lowest BCUT2D eigenvalue weighted by molar-refractivity contribution is 1.33. The number of halogens is 1. The van der Waals surface area contributed by atoms with Crippen molar-refractivity contribution in [2.75, 3.05) is 11.9 Å². The molecule has 2 aromatic rings. The average molecular weight is 258 g/mol. The van der Waals surface area contributed by atoms with Gasteiger partial charge in [-0.3, -0.25) is 0 Å². The highest BCUT2D eigenvalue weighted by Crippen LogP contribution is 2.21. The SMILES string of the molecule is C=C(CNc1ccc(C)c(Cl)c1)c1ccccc1. The topological polar surface area (TPSA) is 12.0 Å². The minimum Gasteiger partial charge on any atom is -0.381 e. The van der Waals surface area contributed by atoms with E-state index in [9.17, 15) is 0 Å². The Labute approximate surface area is 113 Å². The summed E-state index contributed by atoms with van der Waals surface area (Å²) in [5, 5.41) is 4.11. The molecule has 2 rings (SSSR count). The molecule has 0 bridgehead atoms. The fourth-order valence-corrected chi connectivity index (χ4v) is 1.87. The Hall–Kier alpha value is -1.73. The first-order chi connectivity index (χ1) is 8.66. The van der Waals surface area contributed by atoms with Gasteiger partial charge in [0.05, 0.1) is 0 Å². The molecule has 0 saturated carbocycles. The summed E-state index contributed by atoms with van der Waals surface area (Å²) in [5.41, 5.74) is 4.32. The van der Waals surface area contributed by atoms with Gasteiger partial charge in [0.1, 0.15) is 0 Å². The molecule has 92 valence electrons. The Morgan fingerprint density at radius 2 is 1.89 bits per heavy atom. The van der Waals surface area contributed by atoms with Crippen LogP contribution < -0.4 is 5.32 Å². The molecule has 0 fully saturated rings. The molecule has 0 heterocycles. The van der Waals surface area contributed by atoms with E-state index in [1.807, 2.05) is 43.3 Å². The predicted molar refractivity (Wildman–Crippen MR) is 80.2 cm³/mol. The Kier molecular flexibility index (Phi) is 4.06. The second-order valence-corrected chi connectivity index (χ2v) is 4.69. The maximum Gasteiger partial charge on any atom is 0.0455 e. The summed E-state index contributed by atoms with van der Waals surface area (Å²) in [6, 6.07) is 16.1. The van der Waals surface area contributed by atoms with Crippen LogP contribution in [0.4, 0.5) is 5.69 Å². The van der Waals surface area contributed by atoms with Crippen molar-refractivity contribution in [3.63, 3.8) is 0 Å². The largest absolute Gasteiger partial charge is 0.381 e. The van der Waals surface area contributed by atoms with Crippen LogP contribution in [0.25, 0.3) is 5.57 Å². The van der Waals surface area contributed by atoms with Gasteiger partial charge in [-0.25, -0.2) is 0 Å². The van der Waals surface area contributed by atoms with Crippen LogP contribution in [0.15, 0.2) is 55.1 Å². The third-order valence-corrected chi connectivity index (χ3v) is 3.27. The molecule has 0 spiro atoms. The molecule has 2 heteroatoms. The van der Waals surface area contributed by atoms with Gasteiger partial charge < -0.3 is 5.32 Å². The maximum atomic E-state index is 6.08. The fraction of sp³-hybridized carbons (Fsp3) is 0.125. The van der Waals surface area contributed by atoms with Crippen molar-refractivity contribution >= 4 is 22.9 Å². The van der Waals surface area contributed by atoms with Crippen molar-refractivity contribution in [2.24, 2.45) is 0 Å². The molecule has 1 N–H and O–H groups in total. The first-order valence-electron chi connectivity index (χ1n) is 5.90. The maximum absolute atomic E-state index is 6.08. The molecule has 0 radical (unpaired) electrons. The first-order valence-corrected chi connectivity index (χ1v) is 6.28. The van der Waals surface area contributed by atoms with E-state index in [2.05, 4.69) is 24.0 Å². The van der Waals surface area contributed by atoms with Crippen LogP contribution in [-0.2, 0) is 0 Å². The van der Waals surface area contributed by atoms with E-state index in [1.165, 1.54) is 0 Å². The number of hydrogen-bond donors (Lipinski definition) is 1. The zero-order chi connectivity index (χ0) is 13.0. The van der Waals surface area contributed by atoms with Gasteiger partial charge >= 0.3 is 0 Å². The van der Waals surface area contributed by atoms with E-state index in [1.54, 1.807) is 0 Å². The number of benzene rings is 2. The summed E-state index contributed by atoms with van der Waals surface area (Å²) in [7, 11) is 0. The van der Waals surface area contributed by atoms with Crippen LogP contribution >= 0.6 is 11.6 Å². The van der Waals surface area contributed by atoms with Crippen LogP contribution in [0.3, 0.4) is 0 Å². The van der Waals surface area contributed by atoms with Gasteiger partial charge in [0, 0.05) is 17.3 Å². The standard InChI is InChI=1S/C16H16ClN/c1-12-8-9-15(10-16(12)17)18-11-13(2)14-6-4-3-5-7-14/h3-10,18H,2,11H2,1H3. The summed E-state index contributed by atoms with van der Waals surface area (Å²) in [6.45, 7) is 6.79. The highest BCUT2D eigenvalue weighted by atomic mass is 35.5. The number of anilines is 1. The smallest absolute Gasteiger partial charge is 0.0455 e. The van der Waals surface area contributed by atoms with E-state index < -0.39 is 0 Å². The normalized spacial score (nSPS) is 10.1. The van der Waals surface area contributed by atoms with Crippen LogP contribution in [-0.4, -0.2) is 6.54 Å². The molecule has 2 aromatic carbocycles. The average Bonchev–Trinajstić information content (AvgIpc) is 2.41. The Morgan fingerprint density at radius 1 is 1.17 bits per heavy atom. The molecule has 0 aliphatic carbocycles. The first kappa shape index (κ1) is 12.7. The minimum atomic E-state index is 0.712. The Bertz CT molecular complexity index is 546. The van der Waals surface area contributed by atoms with Crippen molar-refractivity contribution in [3.8, 4) is 0 Å². The van der Waals surface area contributed by atoms with Gasteiger partial charge in [0.25, 0.3) is 0 Å². The van der Waals surface area contributed by atoms with Crippen LogP contribution in [0.1, 0.15) is 11.1 Å². The summed E-state index contributed by atoms with van der Waals surface area (Å²) >= 11 is 6.08. The second-order valence-electron chi connectivity index (χ2n) is 4.29. The fourth-order valence-electron chi connectivity index (χ4n) is 1.69. The van der Waals surface area contributed by atoms with Gasteiger partial charge in [-0.15, -0.1) is 0 Å². The van der Waals surface area contributed by atoms with Crippen LogP contribution in [0, 0.1) is 6.92 Å². The van der Waals surface area contributed by atoms with E-state index in [0.29, 0.717) is 6.54 Å². The molecule has 0 amide bonds. The van der Waals surface area contributed by atoms with Gasteiger partial charge in [-0.1, -0.05) is 54.6 Å². The minimum absolute atomic E-state index is 0.712. The summed E-state index contributed by atoms with van der Waals surface area (Å²) < 4.78 is 0. The van der Waals surface area contributed by atoms with E-state index in [4.69, 9.17) is 11.6 Å². The van der Waals surface area contributed by atoms with Gasteiger partial charge in [-0.05, 0) is 35.8 Å². The van der Waals surface area contributed by atoms with Crippen molar-refractivity contribution in [1.29, 1.82) is 0 Å². The van der Waals surface area contributed by atoms with Crippen molar-refractivity contribution in [3.05, 3.63) is 71.3 Å². The monoisotopic (exact) mass is 257 g/mol. The second kappa shape index (κ2) is 5.74. The molecule has 0 atom stereocenters. The lowest BCUT2D eigenvalue weighted by Crippen LogP contribution is -2.03. The van der Waals surface area contributed by atoms with Crippen molar-refractivity contribution in [1.82, 2.24) is 0 Å². The molecule has 1 nitrogen and oxygen atoms in total. The highest BCUT2D eigenvalue weighted by Gasteiger charge is 2.00. The van der Waals surface area contributed by atoms with Crippen molar-refractivity contribution < 1.29 is 0 Å². The zero-order valence-electron chi connectivity index (χ0n) is 10.4. The van der Waals surface area contributed by atoms with E-state index in [-0.39, 0.29) is 0 Å². The molecule has 0 aliphatic rings. The lowest BCUT2D eigenvalue weighted by Gasteiger charge is -2.10. The van der Waals surface area contributed by atoms with Gasteiger partial charge in [0.2, 0.25) is 0 Å². The Morgan fingerprint density at radius 3 is 2.56 bits per heavy atom. The van der Waals surface area contributed by atoms with Crippen LogP contribution in [0.5, 0.6) is 0 Å². The number of nitrogens with one attached hydrogen (secondary N) is 1. The number of rotatable bonds is 4. The van der Waals surface area contributed by atoms with E-state index in [0.717, 1.165) is 27.4 Å². The number of aryl methyl sites for hydroxylation is 1. The third-order valence-electron chi connectivity index (χ3n) is 2.86. The molecule has 18 heavy (non-hydrogen) atoms. The van der Waals surface area contributed by atoms with Gasteiger partial charge in [0.15, 0.2) is 0 Å². The molecule has 0 aromatic heterocycles. The molecular formula is C16H16ClN. The predicted octanol–water partition coefficient (Wildman–Crippen LogP) is 4.77. The highest BCUT2D eigenvalue weighted by molar-refractivity contribution is 6.31. The Balaban J connectivity index is 1.99. The molecule has 0 unspecified atom stereocenters. The quantitative estimate of drug-likeness (QED) is 0.832. The van der Waals surface area contributed by atoms with Crippen LogP contribution in [0.2, 0.25) is 5.02 Å². The summed E-state index contributed by atoms with van der Waals surface area (Å²) in [5.74, 6) is 0. The van der Waals surface area contributed by atoms with E-state index >= 15 is 0 Å². The summed E-state index contributed by atoms with van der Waals surface area (Å²) in [4.78, 5) is 0. The van der Waals surface area contributed by atoms with Crippen molar-refractivity contribution in [2.45, 2.75) is 6.92 Å². The zero-order valence-corrected chi connectivity index (χ0v) is 11.2. The molecule has 0 saturated heterocycles.